The summed E-state index contributed by atoms with van der Waals surface area (Å²) < 4.78 is 44.9. The zero-order chi connectivity index (χ0) is 23.4. The van der Waals surface area contributed by atoms with Gasteiger partial charge in [-0.2, -0.15) is 13.2 Å². The van der Waals surface area contributed by atoms with Crippen LogP contribution in [0, 0.1) is 6.92 Å². The molecule has 4 aromatic rings. The molecule has 2 aromatic carbocycles. The Labute approximate surface area is 186 Å². The molecule has 2 amide bonds. The normalized spacial score (nSPS) is 11.3. The minimum Gasteiger partial charge on any atom is -0.424 e. The summed E-state index contributed by atoms with van der Waals surface area (Å²) in [7, 11) is 0. The van der Waals surface area contributed by atoms with Crippen LogP contribution in [-0.2, 0) is 12.7 Å². The Balaban J connectivity index is 1.36. The lowest BCUT2D eigenvalue weighted by molar-refractivity contribution is -0.754. The number of amides is 2. The predicted molar refractivity (Wildman–Crippen MR) is 114 cm³/mol. The number of nitrogens with one attached hydrogen (secondary N) is 1. The van der Waals surface area contributed by atoms with E-state index in [0.717, 1.165) is 34.4 Å². The number of carbonyl (C=O) groups excluding carboxylic acids is 1. The van der Waals surface area contributed by atoms with E-state index in [-0.39, 0.29) is 11.6 Å². The number of hydrogen-bond acceptors (Lipinski definition) is 4. The molecule has 2 aromatic heterocycles. The van der Waals surface area contributed by atoms with E-state index in [2.05, 4.69) is 20.9 Å². The highest BCUT2D eigenvalue weighted by Gasteiger charge is 2.30. The molecule has 0 aliphatic heterocycles. The molecule has 0 saturated carbocycles. The van der Waals surface area contributed by atoms with Gasteiger partial charge in [0, 0.05) is 23.5 Å². The summed E-state index contributed by atoms with van der Waals surface area (Å²) in [6, 6.07) is 13.2. The largest absolute Gasteiger partial charge is 0.424 e. The summed E-state index contributed by atoms with van der Waals surface area (Å²) >= 11 is 0. The monoisotopic (exact) mass is 453 g/mol. The molecule has 7 nitrogen and oxygen atoms in total. The van der Waals surface area contributed by atoms with E-state index < -0.39 is 17.8 Å². The van der Waals surface area contributed by atoms with Gasteiger partial charge in [-0.05, 0) is 40.6 Å². The predicted octanol–water partition coefficient (Wildman–Crippen LogP) is 5.64. The van der Waals surface area contributed by atoms with Crippen molar-refractivity contribution in [3.05, 3.63) is 95.2 Å². The van der Waals surface area contributed by atoms with Crippen LogP contribution in [0.25, 0.3) is 16.4 Å². The second-order valence-corrected chi connectivity index (χ2v) is 7.25. The fourth-order valence-electron chi connectivity index (χ4n) is 3.16. The van der Waals surface area contributed by atoms with Crippen molar-refractivity contribution in [1.82, 2.24) is 10.3 Å². The van der Waals surface area contributed by atoms with Gasteiger partial charge in [-0.15, -0.1) is 0 Å². The Kier molecular flexibility index (Phi) is 6.07. The molecule has 2 heterocycles. The van der Waals surface area contributed by atoms with Crippen molar-refractivity contribution < 1.29 is 27.2 Å². The third-order valence-corrected chi connectivity index (χ3v) is 4.80. The first kappa shape index (κ1) is 22.0. The molecule has 10 heteroatoms. The van der Waals surface area contributed by atoms with Gasteiger partial charge in [-0.25, -0.2) is 0 Å². The highest BCUT2D eigenvalue weighted by atomic mass is 19.4. The average Bonchev–Trinajstić information content (AvgIpc) is 3.21. The molecule has 0 saturated heterocycles. The molecule has 33 heavy (non-hydrogen) atoms. The number of nitrogens with zero attached hydrogens (tertiary/aromatic N) is 4. The molecular formula is C23H18F3N5O2. The van der Waals surface area contributed by atoms with Gasteiger partial charge in [-0.3, -0.25) is 9.78 Å². The number of hydrogen-bond donors (Lipinski definition) is 1. The molecule has 0 radical (unpaired) electrons. The van der Waals surface area contributed by atoms with Crippen LogP contribution in [0.1, 0.15) is 16.7 Å². The minimum absolute atomic E-state index is 0.0325. The maximum Gasteiger partial charge on any atom is 0.416 e. The number of halogens is 3. The second kappa shape index (κ2) is 9.11. The quantitative estimate of drug-likeness (QED) is 0.397. The highest BCUT2D eigenvalue weighted by molar-refractivity contribution is 6.03. The smallest absolute Gasteiger partial charge is 0.416 e. The second-order valence-electron chi connectivity index (χ2n) is 7.25. The van der Waals surface area contributed by atoms with Crippen LogP contribution in [0.3, 0.4) is 0 Å². The summed E-state index contributed by atoms with van der Waals surface area (Å²) in [5.74, 6) is -0.0814. The van der Waals surface area contributed by atoms with Crippen molar-refractivity contribution in [2.24, 2.45) is 0 Å². The van der Waals surface area contributed by atoms with E-state index in [1.165, 1.54) is 23.0 Å². The Morgan fingerprint density at radius 2 is 1.94 bits per heavy atom. The lowest BCUT2D eigenvalue weighted by Crippen LogP contribution is -2.35. The third kappa shape index (κ3) is 5.53. The van der Waals surface area contributed by atoms with E-state index in [1.807, 2.05) is 43.5 Å². The van der Waals surface area contributed by atoms with E-state index >= 15 is 0 Å². The van der Waals surface area contributed by atoms with Gasteiger partial charge >= 0.3 is 6.18 Å². The van der Waals surface area contributed by atoms with Crippen molar-refractivity contribution >= 4 is 17.6 Å². The average molecular weight is 453 g/mol. The van der Waals surface area contributed by atoms with Gasteiger partial charge < -0.3 is 15.2 Å². The number of aryl methyl sites for hydroxylation is 1. The maximum atomic E-state index is 12.8. The van der Waals surface area contributed by atoms with Crippen LogP contribution in [0.5, 0.6) is 0 Å². The van der Waals surface area contributed by atoms with Crippen molar-refractivity contribution in [3.8, 4) is 11.1 Å². The first-order valence-electron chi connectivity index (χ1n) is 9.84. The number of aromatic nitrogens is 3. The molecule has 0 atom stereocenters. The van der Waals surface area contributed by atoms with Gasteiger partial charge in [0.05, 0.1) is 5.56 Å². The molecular weight excluding hydrogens is 435 g/mol. The van der Waals surface area contributed by atoms with Gasteiger partial charge in [0.2, 0.25) is 18.6 Å². The first-order valence-corrected chi connectivity index (χ1v) is 9.84. The first-order chi connectivity index (χ1) is 15.8. The number of alkyl halides is 3. The molecule has 168 valence electrons. The molecule has 0 spiro atoms. The van der Waals surface area contributed by atoms with Crippen molar-refractivity contribution in [2.45, 2.75) is 19.6 Å². The summed E-state index contributed by atoms with van der Waals surface area (Å²) in [6.07, 6.45) is 0.472. The minimum atomic E-state index is -4.51. The molecule has 0 fully saturated rings. The van der Waals surface area contributed by atoms with Crippen LogP contribution < -0.4 is 10.00 Å². The topological polar surface area (TPSA) is 86.0 Å². The summed E-state index contributed by atoms with van der Waals surface area (Å²) in [5, 5.41) is 9.79. The fourth-order valence-corrected chi connectivity index (χ4v) is 3.16. The Morgan fingerprint density at radius 1 is 1.15 bits per heavy atom. The van der Waals surface area contributed by atoms with Crippen molar-refractivity contribution in [3.63, 3.8) is 0 Å². The standard InChI is InChI=1S/C23H18F3N5O2/c1-15-9-10-27-12-20(15)17-7-5-16(6-8-17)13-31-14-21(33-30-31)29-22(32)28-19-4-2-3-18(11-19)23(24,25)26/h2-12,14H,13H2,1H3,(H-,28,29,30,32). The third-order valence-electron chi connectivity index (χ3n) is 4.80. The van der Waals surface area contributed by atoms with Gasteiger partial charge in [-0.1, -0.05) is 42.5 Å². The molecule has 0 unspecified atom stereocenters. The van der Waals surface area contributed by atoms with Crippen molar-refractivity contribution in [2.75, 3.05) is 5.32 Å². The zero-order valence-electron chi connectivity index (χ0n) is 17.4. The van der Waals surface area contributed by atoms with E-state index in [1.54, 1.807) is 6.20 Å². The number of carbonyl (C=O) groups is 1. The van der Waals surface area contributed by atoms with Crippen LogP contribution >= 0.6 is 0 Å². The number of rotatable bonds is 5. The molecule has 0 aliphatic rings. The van der Waals surface area contributed by atoms with Gasteiger partial charge in [0.1, 0.15) is 0 Å². The fraction of sp³-hybridized carbons (Fsp3) is 0.130. The van der Waals surface area contributed by atoms with Gasteiger partial charge in [0.25, 0.3) is 0 Å². The number of anilines is 1. The van der Waals surface area contributed by atoms with Crippen LogP contribution in [-0.4, -0.2) is 16.3 Å². The molecule has 0 aliphatic carbocycles. The number of pyridine rings is 1. The van der Waals surface area contributed by atoms with E-state index in [4.69, 9.17) is 4.52 Å². The number of benzene rings is 2. The zero-order valence-corrected chi connectivity index (χ0v) is 17.4. The van der Waals surface area contributed by atoms with Gasteiger partial charge in [0.15, 0.2) is 11.3 Å². The Bertz CT molecular complexity index is 1270. The Hall–Kier alpha value is -4.21. The van der Waals surface area contributed by atoms with Crippen LogP contribution in [0.2, 0.25) is 0 Å². The molecule has 0 bridgehead atoms. The lowest BCUT2D eigenvalue weighted by atomic mass is 10.0. The van der Waals surface area contributed by atoms with Crippen LogP contribution in [0.4, 0.5) is 29.5 Å². The summed E-state index contributed by atoms with van der Waals surface area (Å²) in [6.45, 7) is 2.39. The SMILES string of the molecule is Cc1ccncc1-c1ccc(C[n+]2cc([N-]C(=O)Nc3cccc(C(F)(F)F)c3)on2)cc1. The van der Waals surface area contributed by atoms with Crippen LogP contribution in [0.15, 0.2) is 77.7 Å². The lowest BCUT2D eigenvalue weighted by Gasteiger charge is -2.15. The maximum absolute atomic E-state index is 12.8. The van der Waals surface area contributed by atoms with E-state index in [0.29, 0.717) is 6.54 Å². The molecule has 1 N–H and O–H groups in total. The van der Waals surface area contributed by atoms with E-state index in [9.17, 15) is 18.0 Å². The van der Waals surface area contributed by atoms with Crippen molar-refractivity contribution in [1.29, 1.82) is 0 Å². The summed E-state index contributed by atoms with van der Waals surface area (Å²) in [5.41, 5.74) is 3.25. The number of urea groups is 1. The Morgan fingerprint density at radius 3 is 2.67 bits per heavy atom. The molecule has 4 rings (SSSR count). The summed E-state index contributed by atoms with van der Waals surface area (Å²) in [4.78, 5) is 16.2. The highest BCUT2D eigenvalue weighted by Crippen LogP contribution is 2.31.